The number of nitrogens with one attached hydrogen (secondary N) is 1. The van der Waals surface area contributed by atoms with Gasteiger partial charge in [0.25, 0.3) is 0 Å². The minimum Gasteiger partial charge on any atom is -0.459 e. The Kier molecular flexibility index (Phi) is 7.76. The normalized spacial score (nSPS) is 16.3. The molecule has 1 N–H and O–H groups in total. The molecular weight excluding hydrogens is 318 g/mol. The molecule has 0 aliphatic heterocycles. The van der Waals surface area contributed by atoms with Gasteiger partial charge in [0, 0.05) is 0 Å². The average Bonchev–Trinajstić information content (AvgIpc) is 2.60. The van der Waals surface area contributed by atoms with Crippen LogP contribution in [0.15, 0.2) is 30.3 Å². The summed E-state index contributed by atoms with van der Waals surface area (Å²) in [5, 5.41) is 2.70. The van der Waals surface area contributed by atoms with E-state index in [1.54, 1.807) is 0 Å². The third-order valence-electron chi connectivity index (χ3n) is 4.33. The number of ether oxygens (including phenoxy) is 2. The molecule has 1 aromatic carbocycles. The van der Waals surface area contributed by atoms with E-state index in [9.17, 15) is 9.59 Å². The van der Waals surface area contributed by atoms with Crippen LogP contribution in [0, 0.1) is 5.92 Å². The van der Waals surface area contributed by atoms with Gasteiger partial charge in [-0.2, -0.15) is 0 Å². The molecule has 0 spiro atoms. The van der Waals surface area contributed by atoms with E-state index < -0.39 is 18.1 Å². The molecule has 138 valence electrons. The second-order valence-electron chi connectivity index (χ2n) is 7.09. The van der Waals surface area contributed by atoms with Crippen LogP contribution < -0.4 is 5.32 Å². The summed E-state index contributed by atoms with van der Waals surface area (Å²) in [5.41, 5.74) is 0.920. The topological polar surface area (TPSA) is 64.6 Å². The number of amides is 1. The van der Waals surface area contributed by atoms with E-state index in [2.05, 4.69) is 5.32 Å². The lowest BCUT2D eigenvalue weighted by molar-refractivity contribution is -0.147. The Labute approximate surface area is 150 Å². The lowest BCUT2D eigenvalue weighted by atomic mass is 9.98. The summed E-state index contributed by atoms with van der Waals surface area (Å²) >= 11 is 0. The van der Waals surface area contributed by atoms with Crippen molar-refractivity contribution in [2.75, 3.05) is 0 Å². The first-order valence-electron chi connectivity index (χ1n) is 9.22. The Balaban J connectivity index is 1.85. The minimum absolute atomic E-state index is 0.0335. The van der Waals surface area contributed by atoms with Gasteiger partial charge in [0.05, 0.1) is 0 Å². The molecule has 1 amide bonds. The Morgan fingerprint density at radius 1 is 1.12 bits per heavy atom. The van der Waals surface area contributed by atoms with E-state index >= 15 is 0 Å². The zero-order chi connectivity index (χ0) is 18.1. The Morgan fingerprint density at radius 3 is 2.44 bits per heavy atom. The van der Waals surface area contributed by atoms with E-state index in [1.165, 1.54) is 6.42 Å². The molecule has 1 atom stereocenters. The molecule has 5 heteroatoms. The quantitative estimate of drug-likeness (QED) is 0.751. The summed E-state index contributed by atoms with van der Waals surface area (Å²) < 4.78 is 10.8. The lowest BCUT2D eigenvalue weighted by Crippen LogP contribution is -2.44. The molecule has 1 saturated carbocycles. The minimum atomic E-state index is -0.681. The summed E-state index contributed by atoms with van der Waals surface area (Å²) in [6.07, 6.45) is 5.15. The fourth-order valence-corrected chi connectivity index (χ4v) is 3.03. The van der Waals surface area contributed by atoms with Gasteiger partial charge in [-0.1, -0.05) is 50.6 Å². The molecule has 1 aliphatic carbocycles. The number of rotatable bonds is 7. The number of benzene rings is 1. The fraction of sp³-hybridized carbons (Fsp3) is 0.600. The van der Waals surface area contributed by atoms with Crippen molar-refractivity contribution in [1.29, 1.82) is 0 Å². The highest BCUT2D eigenvalue weighted by Crippen LogP contribution is 2.20. The standard InChI is InChI=1S/C20H29NO4/c1-15(2)13-18(19(22)24-14-16-9-5-3-6-10-16)21-20(23)25-17-11-7-4-8-12-17/h3,5-6,9-10,15,17-18H,4,7-8,11-14H2,1-2H3,(H,21,23)/t18-/m0/s1. The highest BCUT2D eigenvalue weighted by Gasteiger charge is 2.26. The molecule has 0 heterocycles. The Morgan fingerprint density at radius 2 is 1.80 bits per heavy atom. The number of carbonyl (C=O) groups excluding carboxylic acids is 2. The molecule has 0 aromatic heterocycles. The third-order valence-corrected chi connectivity index (χ3v) is 4.33. The molecule has 0 radical (unpaired) electrons. The van der Waals surface area contributed by atoms with Crippen molar-refractivity contribution in [3.63, 3.8) is 0 Å². The first-order chi connectivity index (χ1) is 12.0. The van der Waals surface area contributed by atoms with Crippen molar-refractivity contribution >= 4 is 12.1 Å². The molecule has 5 nitrogen and oxygen atoms in total. The molecular formula is C20H29NO4. The van der Waals surface area contributed by atoms with Gasteiger partial charge < -0.3 is 14.8 Å². The predicted octanol–water partition coefficient (Wildman–Crippen LogP) is 4.20. The molecule has 25 heavy (non-hydrogen) atoms. The van der Waals surface area contributed by atoms with Crippen molar-refractivity contribution in [2.45, 2.75) is 71.1 Å². The molecule has 1 aromatic rings. The second kappa shape index (κ2) is 10.1. The van der Waals surface area contributed by atoms with Crippen molar-refractivity contribution in [3.8, 4) is 0 Å². The van der Waals surface area contributed by atoms with Crippen molar-refractivity contribution in [1.82, 2.24) is 5.32 Å². The van der Waals surface area contributed by atoms with Crippen LogP contribution in [0.5, 0.6) is 0 Å². The van der Waals surface area contributed by atoms with Gasteiger partial charge in [0.2, 0.25) is 0 Å². The first-order valence-corrected chi connectivity index (χ1v) is 9.22. The first kappa shape index (κ1) is 19.3. The van der Waals surface area contributed by atoms with Crippen LogP contribution in [0.2, 0.25) is 0 Å². The van der Waals surface area contributed by atoms with E-state index in [0.29, 0.717) is 6.42 Å². The van der Waals surface area contributed by atoms with Gasteiger partial charge in [0.1, 0.15) is 18.8 Å². The summed E-state index contributed by atoms with van der Waals surface area (Å²) in [4.78, 5) is 24.5. The van der Waals surface area contributed by atoms with E-state index in [4.69, 9.17) is 9.47 Å². The second-order valence-corrected chi connectivity index (χ2v) is 7.09. The highest BCUT2D eigenvalue weighted by atomic mass is 16.6. The van der Waals surface area contributed by atoms with Gasteiger partial charge in [-0.3, -0.25) is 0 Å². The molecule has 0 bridgehead atoms. The summed E-state index contributed by atoms with van der Waals surface area (Å²) in [7, 11) is 0. The maximum absolute atomic E-state index is 12.4. The Hall–Kier alpha value is -2.04. The van der Waals surface area contributed by atoms with E-state index in [1.807, 2.05) is 44.2 Å². The summed E-state index contributed by atoms with van der Waals surface area (Å²) in [5.74, 6) is -0.164. The maximum Gasteiger partial charge on any atom is 0.408 e. The third kappa shape index (κ3) is 7.16. The maximum atomic E-state index is 12.4. The van der Waals surface area contributed by atoms with Crippen molar-refractivity contribution in [3.05, 3.63) is 35.9 Å². The molecule has 0 saturated heterocycles. The van der Waals surface area contributed by atoms with Crippen LogP contribution in [0.25, 0.3) is 0 Å². The Bertz CT molecular complexity index is 538. The van der Waals surface area contributed by atoms with Gasteiger partial charge >= 0.3 is 12.1 Å². The monoisotopic (exact) mass is 347 g/mol. The van der Waals surface area contributed by atoms with Crippen molar-refractivity contribution in [2.24, 2.45) is 5.92 Å². The van der Waals surface area contributed by atoms with Crippen LogP contribution in [0.3, 0.4) is 0 Å². The zero-order valence-corrected chi connectivity index (χ0v) is 15.2. The van der Waals surface area contributed by atoms with Crippen LogP contribution >= 0.6 is 0 Å². The van der Waals surface area contributed by atoms with Crippen LogP contribution in [-0.4, -0.2) is 24.2 Å². The van der Waals surface area contributed by atoms with Gasteiger partial charge in [-0.05, 0) is 43.6 Å². The van der Waals surface area contributed by atoms with Gasteiger partial charge in [-0.15, -0.1) is 0 Å². The zero-order valence-electron chi connectivity index (χ0n) is 15.2. The number of carbonyl (C=O) groups is 2. The van der Waals surface area contributed by atoms with Crippen LogP contribution in [-0.2, 0) is 20.9 Å². The predicted molar refractivity (Wildman–Crippen MR) is 96.0 cm³/mol. The SMILES string of the molecule is CC(C)C[C@H](NC(=O)OC1CCCCC1)C(=O)OCc1ccccc1. The number of alkyl carbamates (subject to hydrolysis) is 1. The summed E-state index contributed by atoms with van der Waals surface area (Å²) in [6.45, 7) is 4.21. The molecule has 0 unspecified atom stereocenters. The lowest BCUT2D eigenvalue weighted by Gasteiger charge is -2.24. The number of hydrogen-bond donors (Lipinski definition) is 1. The largest absolute Gasteiger partial charge is 0.459 e. The van der Waals surface area contributed by atoms with Gasteiger partial charge in [-0.25, -0.2) is 9.59 Å². The summed E-state index contributed by atoms with van der Waals surface area (Å²) in [6, 6.07) is 8.82. The van der Waals surface area contributed by atoms with Gasteiger partial charge in [0.15, 0.2) is 0 Å². The fourth-order valence-electron chi connectivity index (χ4n) is 3.03. The smallest absolute Gasteiger partial charge is 0.408 e. The van der Waals surface area contributed by atoms with Crippen LogP contribution in [0.4, 0.5) is 4.79 Å². The van der Waals surface area contributed by atoms with Crippen LogP contribution in [0.1, 0.15) is 57.9 Å². The van der Waals surface area contributed by atoms with E-state index in [0.717, 1.165) is 31.2 Å². The van der Waals surface area contributed by atoms with Crippen molar-refractivity contribution < 1.29 is 19.1 Å². The molecule has 2 rings (SSSR count). The number of hydrogen-bond acceptors (Lipinski definition) is 4. The van der Waals surface area contributed by atoms with E-state index in [-0.39, 0.29) is 18.6 Å². The number of esters is 1. The highest BCUT2D eigenvalue weighted by molar-refractivity contribution is 5.81. The molecule has 1 aliphatic rings. The average molecular weight is 347 g/mol. The molecule has 1 fully saturated rings.